The standard InChI is InChI=1S/C20H25NO5/c1-3-24-12-14-26-19-6-4-5-16(15-19)20(22)21-17-7-9-18(10-8-17)25-13-11-23-2/h4-10,15H,3,11-14H2,1-2H3,(H,21,22). The number of hydrogen-bond acceptors (Lipinski definition) is 5. The van der Waals surface area contributed by atoms with Gasteiger partial charge in [-0.05, 0) is 49.4 Å². The zero-order valence-corrected chi connectivity index (χ0v) is 15.2. The van der Waals surface area contributed by atoms with Gasteiger partial charge >= 0.3 is 0 Å². The Bertz CT molecular complexity index is 672. The van der Waals surface area contributed by atoms with Crippen LogP contribution in [0.5, 0.6) is 11.5 Å². The minimum Gasteiger partial charge on any atom is -0.491 e. The van der Waals surface area contributed by atoms with E-state index in [0.717, 1.165) is 5.75 Å². The molecule has 2 aromatic rings. The number of carbonyl (C=O) groups excluding carboxylic acids is 1. The van der Waals surface area contributed by atoms with E-state index in [2.05, 4.69) is 5.32 Å². The van der Waals surface area contributed by atoms with Crippen molar-refractivity contribution < 1.29 is 23.7 Å². The van der Waals surface area contributed by atoms with Crippen LogP contribution in [0.25, 0.3) is 0 Å². The van der Waals surface area contributed by atoms with Crippen LogP contribution in [-0.2, 0) is 9.47 Å². The van der Waals surface area contributed by atoms with Crippen molar-refractivity contribution in [1.82, 2.24) is 0 Å². The van der Waals surface area contributed by atoms with Gasteiger partial charge in [-0.3, -0.25) is 4.79 Å². The van der Waals surface area contributed by atoms with Crippen molar-refractivity contribution in [3.8, 4) is 11.5 Å². The van der Waals surface area contributed by atoms with E-state index in [4.69, 9.17) is 18.9 Å². The van der Waals surface area contributed by atoms with Gasteiger partial charge in [-0.1, -0.05) is 6.07 Å². The molecule has 0 aromatic heterocycles. The van der Waals surface area contributed by atoms with Crippen LogP contribution in [0.15, 0.2) is 48.5 Å². The first-order valence-electron chi connectivity index (χ1n) is 8.56. The van der Waals surface area contributed by atoms with Crippen molar-refractivity contribution in [2.45, 2.75) is 6.92 Å². The number of carbonyl (C=O) groups is 1. The highest BCUT2D eigenvalue weighted by atomic mass is 16.5. The van der Waals surface area contributed by atoms with Crippen LogP contribution in [-0.4, -0.2) is 46.1 Å². The summed E-state index contributed by atoms with van der Waals surface area (Å²) in [7, 11) is 1.63. The summed E-state index contributed by atoms with van der Waals surface area (Å²) in [6.07, 6.45) is 0. The van der Waals surface area contributed by atoms with Gasteiger partial charge < -0.3 is 24.3 Å². The van der Waals surface area contributed by atoms with Crippen LogP contribution in [0, 0.1) is 0 Å². The van der Waals surface area contributed by atoms with Gasteiger partial charge in [-0.25, -0.2) is 0 Å². The van der Waals surface area contributed by atoms with Crippen LogP contribution in [0.3, 0.4) is 0 Å². The van der Waals surface area contributed by atoms with Crippen LogP contribution in [0.4, 0.5) is 5.69 Å². The number of nitrogens with one attached hydrogen (secondary N) is 1. The van der Waals surface area contributed by atoms with E-state index in [1.807, 2.05) is 13.0 Å². The third kappa shape index (κ3) is 6.74. The topological polar surface area (TPSA) is 66.0 Å². The number of rotatable bonds is 11. The summed E-state index contributed by atoms with van der Waals surface area (Å²) in [6.45, 7) is 4.57. The van der Waals surface area contributed by atoms with Crippen LogP contribution < -0.4 is 14.8 Å². The van der Waals surface area contributed by atoms with Crippen molar-refractivity contribution in [3.63, 3.8) is 0 Å². The molecule has 0 spiro atoms. The second kappa shape index (κ2) is 11.1. The number of amides is 1. The molecular weight excluding hydrogens is 334 g/mol. The lowest BCUT2D eigenvalue weighted by atomic mass is 10.2. The van der Waals surface area contributed by atoms with E-state index < -0.39 is 0 Å². The summed E-state index contributed by atoms with van der Waals surface area (Å²) in [5.74, 6) is 1.16. The van der Waals surface area contributed by atoms with Gasteiger partial charge in [-0.15, -0.1) is 0 Å². The quantitative estimate of drug-likeness (QED) is 0.623. The Morgan fingerprint density at radius 1 is 0.923 bits per heavy atom. The van der Waals surface area contributed by atoms with Crippen LogP contribution in [0.1, 0.15) is 17.3 Å². The summed E-state index contributed by atoms with van der Waals surface area (Å²) in [5, 5.41) is 2.86. The first-order valence-corrected chi connectivity index (χ1v) is 8.56. The molecule has 0 atom stereocenters. The smallest absolute Gasteiger partial charge is 0.255 e. The maximum absolute atomic E-state index is 12.4. The normalized spacial score (nSPS) is 10.4. The maximum atomic E-state index is 12.4. The molecular formula is C20H25NO5. The highest BCUT2D eigenvalue weighted by molar-refractivity contribution is 6.04. The first-order chi connectivity index (χ1) is 12.7. The van der Waals surface area contributed by atoms with Crippen LogP contribution in [0.2, 0.25) is 0 Å². The minimum absolute atomic E-state index is 0.201. The minimum atomic E-state index is -0.201. The fourth-order valence-electron chi connectivity index (χ4n) is 2.17. The second-order valence-corrected chi connectivity index (χ2v) is 5.39. The molecule has 0 radical (unpaired) electrons. The van der Waals surface area contributed by atoms with Crippen molar-refractivity contribution in [2.75, 3.05) is 45.5 Å². The second-order valence-electron chi connectivity index (χ2n) is 5.39. The molecule has 0 unspecified atom stereocenters. The first kappa shape index (κ1) is 19.8. The van der Waals surface area contributed by atoms with Crippen molar-refractivity contribution in [2.24, 2.45) is 0 Å². The Kier molecular flexibility index (Phi) is 8.45. The fraction of sp³-hybridized carbons (Fsp3) is 0.350. The van der Waals surface area contributed by atoms with E-state index in [1.54, 1.807) is 49.6 Å². The number of hydrogen-bond donors (Lipinski definition) is 1. The molecule has 2 aromatic carbocycles. The largest absolute Gasteiger partial charge is 0.491 e. The molecule has 6 nitrogen and oxygen atoms in total. The van der Waals surface area contributed by atoms with Crippen molar-refractivity contribution in [3.05, 3.63) is 54.1 Å². The van der Waals surface area contributed by atoms with Gasteiger partial charge in [0.15, 0.2) is 0 Å². The summed E-state index contributed by atoms with van der Waals surface area (Å²) in [5.41, 5.74) is 1.22. The fourth-order valence-corrected chi connectivity index (χ4v) is 2.17. The molecule has 0 bridgehead atoms. The van der Waals surface area contributed by atoms with Gasteiger partial charge in [0.2, 0.25) is 0 Å². The van der Waals surface area contributed by atoms with Gasteiger partial charge in [0, 0.05) is 25.0 Å². The summed E-state index contributed by atoms with van der Waals surface area (Å²) < 4.78 is 21.2. The van der Waals surface area contributed by atoms with Gasteiger partial charge in [-0.2, -0.15) is 0 Å². The summed E-state index contributed by atoms with van der Waals surface area (Å²) in [6, 6.07) is 14.3. The zero-order valence-electron chi connectivity index (χ0n) is 15.2. The van der Waals surface area contributed by atoms with E-state index in [9.17, 15) is 4.79 Å². The zero-order chi connectivity index (χ0) is 18.6. The average molecular weight is 359 g/mol. The highest BCUT2D eigenvalue weighted by Crippen LogP contribution is 2.18. The lowest BCUT2D eigenvalue weighted by Gasteiger charge is -2.10. The molecule has 0 fully saturated rings. The van der Waals surface area contributed by atoms with Gasteiger partial charge in [0.25, 0.3) is 5.91 Å². The summed E-state index contributed by atoms with van der Waals surface area (Å²) in [4.78, 5) is 12.4. The molecule has 0 aliphatic rings. The molecule has 26 heavy (non-hydrogen) atoms. The molecule has 0 aliphatic carbocycles. The number of ether oxygens (including phenoxy) is 4. The molecule has 0 saturated heterocycles. The molecule has 1 amide bonds. The SMILES string of the molecule is CCOCCOc1cccc(C(=O)Nc2ccc(OCCOC)cc2)c1. The van der Waals surface area contributed by atoms with Gasteiger partial charge in [0.1, 0.15) is 24.7 Å². The van der Waals surface area contributed by atoms with E-state index in [0.29, 0.717) is 50.0 Å². The maximum Gasteiger partial charge on any atom is 0.255 e. The van der Waals surface area contributed by atoms with Gasteiger partial charge in [0.05, 0.1) is 13.2 Å². The van der Waals surface area contributed by atoms with E-state index in [1.165, 1.54) is 0 Å². The monoisotopic (exact) mass is 359 g/mol. The molecule has 140 valence electrons. The molecule has 2 rings (SSSR count). The number of anilines is 1. The predicted octanol–water partition coefficient (Wildman–Crippen LogP) is 3.38. The lowest BCUT2D eigenvalue weighted by molar-refractivity contribution is 0.102. The molecule has 6 heteroatoms. The Morgan fingerprint density at radius 2 is 1.65 bits per heavy atom. The van der Waals surface area contributed by atoms with E-state index in [-0.39, 0.29) is 5.91 Å². The Hall–Kier alpha value is -2.57. The number of benzene rings is 2. The summed E-state index contributed by atoms with van der Waals surface area (Å²) >= 11 is 0. The van der Waals surface area contributed by atoms with Crippen LogP contribution >= 0.6 is 0 Å². The van der Waals surface area contributed by atoms with Crippen molar-refractivity contribution in [1.29, 1.82) is 0 Å². The molecule has 0 heterocycles. The predicted molar refractivity (Wildman–Crippen MR) is 100 cm³/mol. The molecule has 1 N–H and O–H groups in total. The van der Waals surface area contributed by atoms with E-state index >= 15 is 0 Å². The average Bonchev–Trinajstić information content (AvgIpc) is 2.67. The Balaban J connectivity index is 1.88. The third-order valence-corrected chi connectivity index (χ3v) is 3.47. The molecule has 0 aliphatic heterocycles. The third-order valence-electron chi connectivity index (χ3n) is 3.47. The Labute approximate surface area is 154 Å². The number of methoxy groups -OCH3 is 1. The Morgan fingerprint density at radius 3 is 2.38 bits per heavy atom. The highest BCUT2D eigenvalue weighted by Gasteiger charge is 2.08. The van der Waals surface area contributed by atoms with Crippen molar-refractivity contribution >= 4 is 11.6 Å². The lowest BCUT2D eigenvalue weighted by Crippen LogP contribution is -2.12. The molecule has 0 saturated carbocycles.